The normalized spacial score (nSPS) is 11.8. The molecule has 0 saturated heterocycles. The maximum Gasteiger partial charge on any atom is 0.121 e. The molecule has 0 radical (unpaired) electrons. The third-order valence-corrected chi connectivity index (χ3v) is 1.41. The van der Waals surface area contributed by atoms with Crippen molar-refractivity contribution in [2.75, 3.05) is 5.32 Å². The number of hydrogen-bond donors (Lipinski definition) is 2. The minimum Gasteiger partial charge on any atom is -0.374 e. The lowest BCUT2D eigenvalue weighted by molar-refractivity contribution is 0.224. The molecule has 0 aliphatic heterocycles. The molecule has 3 nitrogen and oxygen atoms in total. The summed E-state index contributed by atoms with van der Waals surface area (Å²) >= 11 is 0. The van der Waals surface area contributed by atoms with E-state index in [1.54, 1.807) is 25.1 Å². The van der Waals surface area contributed by atoms with Crippen LogP contribution in [0.1, 0.15) is 12.5 Å². The first-order valence-corrected chi connectivity index (χ1v) is 3.68. The lowest BCUT2D eigenvalue weighted by Gasteiger charge is -2.09. The van der Waals surface area contributed by atoms with Crippen LogP contribution in [0.4, 0.5) is 5.69 Å². The van der Waals surface area contributed by atoms with Gasteiger partial charge in [-0.2, -0.15) is 5.26 Å². The Balaban J connectivity index is 2.91. The van der Waals surface area contributed by atoms with Gasteiger partial charge in [0.1, 0.15) is 12.3 Å². The first kappa shape index (κ1) is 8.57. The summed E-state index contributed by atoms with van der Waals surface area (Å²) < 4.78 is 0. The summed E-state index contributed by atoms with van der Waals surface area (Å²) in [6.07, 6.45) is -0.639. The first-order chi connectivity index (χ1) is 5.74. The van der Waals surface area contributed by atoms with E-state index in [4.69, 9.17) is 10.4 Å². The molecule has 1 unspecified atom stereocenters. The molecule has 0 amide bonds. The van der Waals surface area contributed by atoms with Crippen molar-refractivity contribution in [2.45, 2.75) is 13.2 Å². The Labute approximate surface area is 71.3 Å². The second-order valence-corrected chi connectivity index (χ2v) is 2.48. The topological polar surface area (TPSA) is 56.0 Å². The van der Waals surface area contributed by atoms with Gasteiger partial charge in [0.2, 0.25) is 0 Å². The van der Waals surface area contributed by atoms with Crippen molar-refractivity contribution < 1.29 is 5.11 Å². The van der Waals surface area contributed by atoms with Crippen molar-refractivity contribution in [1.29, 1.82) is 5.26 Å². The number of nitrogens with one attached hydrogen (secondary N) is 1. The maximum absolute atomic E-state index is 9.01. The molecule has 0 aromatic heterocycles. The zero-order valence-corrected chi connectivity index (χ0v) is 6.78. The number of nitrogens with zero attached hydrogens (tertiary/aromatic N) is 1. The van der Waals surface area contributed by atoms with Gasteiger partial charge in [-0.05, 0) is 19.1 Å². The van der Waals surface area contributed by atoms with Crippen LogP contribution in [0, 0.1) is 11.3 Å². The van der Waals surface area contributed by atoms with Gasteiger partial charge >= 0.3 is 0 Å². The van der Waals surface area contributed by atoms with E-state index in [0.717, 1.165) is 0 Å². The van der Waals surface area contributed by atoms with Gasteiger partial charge < -0.3 is 10.4 Å². The predicted molar refractivity (Wildman–Crippen MR) is 46.5 cm³/mol. The number of para-hydroxylation sites is 1. The molecule has 0 spiro atoms. The summed E-state index contributed by atoms with van der Waals surface area (Å²) in [6, 6.07) is 9.08. The summed E-state index contributed by atoms with van der Waals surface area (Å²) in [7, 11) is 0. The smallest absolute Gasteiger partial charge is 0.121 e. The number of nitriles is 1. The van der Waals surface area contributed by atoms with Gasteiger partial charge in [-0.25, -0.2) is 0 Å². The van der Waals surface area contributed by atoms with Crippen LogP contribution in [0.25, 0.3) is 0 Å². The van der Waals surface area contributed by atoms with Crippen molar-refractivity contribution >= 4 is 5.69 Å². The maximum atomic E-state index is 9.01. The van der Waals surface area contributed by atoms with Gasteiger partial charge in [-0.1, -0.05) is 12.1 Å². The highest BCUT2D eigenvalue weighted by molar-refractivity contribution is 5.57. The van der Waals surface area contributed by atoms with E-state index in [1.807, 2.05) is 12.1 Å². The van der Waals surface area contributed by atoms with E-state index < -0.39 is 6.23 Å². The van der Waals surface area contributed by atoms with E-state index >= 15 is 0 Å². The van der Waals surface area contributed by atoms with Crippen LogP contribution in [0.3, 0.4) is 0 Å². The molecular weight excluding hydrogens is 152 g/mol. The fourth-order valence-electron chi connectivity index (χ4n) is 0.932. The van der Waals surface area contributed by atoms with Gasteiger partial charge in [-0.3, -0.25) is 0 Å². The van der Waals surface area contributed by atoms with Gasteiger partial charge in [0.05, 0.1) is 11.3 Å². The number of anilines is 1. The van der Waals surface area contributed by atoms with Crippen molar-refractivity contribution in [2.24, 2.45) is 0 Å². The molecule has 0 saturated carbocycles. The van der Waals surface area contributed by atoms with Crippen molar-refractivity contribution in [1.82, 2.24) is 0 Å². The Morgan fingerprint density at radius 1 is 1.50 bits per heavy atom. The second kappa shape index (κ2) is 3.74. The van der Waals surface area contributed by atoms with Crippen LogP contribution in [0.15, 0.2) is 24.3 Å². The molecular formula is C9H10N2O. The van der Waals surface area contributed by atoms with Crippen molar-refractivity contribution in [3.63, 3.8) is 0 Å². The third kappa shape index (κ3) is 1.97. The van der Waals surface area contributed by atoms with Crippen LogP contribution < -0.4 is 5.32 Å². The first-order valence-electron chi connectivity index (χ1n) is 3.68. The SMILES string of the molecule is CC(O)Nc1ccccc1C#N. The summed E-state index contributed by atoms with van der Waals surface area (Å²) in [5.74, 6) is 0. The highest BCUT2D eigenvalue weighted by atomic mass is 16.3. The number of benzene rings is 1. The largest absolute Gasteiger partial charge is 0.374 e. The number of aliphatic hydroxyl groups is 1. The second-order valence-electron chi connectivity index (χ2n) is 2.48. The predicted octanol–water partition coefficient (Wildman–Crippen LogP) is 1.31. The molecule has 12 heavy (non-hydrogen) atoms. The minimum atomic E-state index is -0.639. The Bertz CT molecular complexity index is 302. The van der Waals surface area contributed by atoms with Gasteiger partial charge in [0.15, 0.2) is 0 Å². The van der Waals surface area contributed by atoms with Crippen LogP contribution in [-0.2, 0) is 0 Å². The summed E-state index contributed by atoms with van der Waals surface area (Å²) in [5, 5.41) is 20.4. The Morgan fingerprint density at radius 3 is 2.75 bits per heavy atom. The Morgan fingerprint density at radius 2 is 2.17 bits per heavy atom. The zero-order chi connectivity index (χ0) is 8.97. The Hall–Kier alpha value is -1.53. The van der Waals surface area contributed by atoms with Crippen LogP contribution in [-0.4, -0.2) is 11.3 Å². The zero-order valence-electron chi connectivity index (χ0n) is 6.78. The molecule has 0 aliphatic carbocycles. The van der Waals surface area contributed by atoms with Gasteiger partial charge in [0.25, 0.3) is 0 Å². The molecule has 1 aromatic carbocycles. The fourth-order valence-corrected chi connectivity index (χ4v) is 0.932. The van der Waals surface area contributed by atoms with E-state index in [9.17, 15) is 0 Å². The monoisotopic (exact) mass is 162 g/mol. The highest BCUT2D eigenvalue weighted by Crippen LogP contribution is 2.13. The van der Waals surface area contributed by atoms with E-state index in [2.05, 4.69) is 5.32 Å². The number of hydrogen-bond acceptors (Lipinski definition) is 3. The molecule has 0 heterocycles. The molecule has 1 rings (SSSR count). The number of aliphatic hydroxyl groups excluding tert-OH is 1. The van der Waals surface area contributed by atoms with Crippen LogP contribution in [0.2, 0.25) is 0 Å². The van der Waals surface area contributed by atoms with Crippen molar-refractivity contribution in [3.05, 3.63) is 29.8 Å². The summed E-state index contributed by atoms with van der Waals surface area (Å²) in [5.41, 5.74) is 1.20. The average molecular weight is 162 g/mol. The van der Waals surface area contributed by atoms with Crippen molar-refractivity contribution in [3.8, 4) is 6.07 Å². The Kier molecular flexibility index (Phi) is 2.67. The molecule has 2 N–H and O–H groups in total. The third-order valence-electron chi connectivity index (χ3n) is 1.41. The quantitative estimate of drug-likeness (QED) is 0.644. The summed E-state index contributed by atoms with van der Waals surface area (Å²) in [6.45, 7) is 1.61. The van der Waals surface area contributed by atoms with E-state index in [-0.39, 0.29) is 0 Å². The molecule has 62 valence electrons. The molecule has 1 aromatic rings. The lowest BCUT2D eigenvalue weighted by Crippen LogP contribution is -2.14. The number of rotatable bonds is 2. The summed E-state index contributed by atoms with van der Waals surface area (Å²) in [4.78, 5) is 0. The van der Waals surface area contributed by atoms with E-state index in [0.29, 0.717) is 11.3 Å². The van der Waals surface area contributed by atoms with Crippen LogP contribution in [0.5, 0.6) is 0 Å². The fraction of sp³-hybridized carbons (Fsp3) is 0.222. The molecule has 0 aliphatic rings. The molecule has 1 atom stereocenters. The van der Waals surface area contributed by atoms with Gasteiger partial charge in [0, 0.05) is 0 Å². The van der Waals surface area contributed by atoms with E-state index in [1.165, 1.54) is 0 Å². The van der Waals surface area contributed by atoms with Crippen LogP contribution >= 0.6 is 0 Å². The highest BCUT2D eigenvalue weighted by Gasteiger charge is 2.00. The van der Waals surface area contributed by atoms with Gasteiger partial charge in [-0.15, -0.1) is 0 Å². The minimum absolute atomic E-state index is 0.540. The average Bonchev–Trinajstić information content (AvgIpc) is 2.04. The lowest BCUT2D eigenvalue weighted by atomic mass is 10.2. The molecule has 0 fully saturated rings. The molecule has 0 bridgehead atoms. The molecule has 3 heteroatoms. The standard InChI is InChI=1S/C9H10N2O/c1-7(12)11-9-5-3-2-4-8(9)6-10/h2-5,7,11-12H,1H3.